The Morgan fingerprint density at radius 2 is 1.60 bits per heavy atom. The number of guanidine groups is 1. The minimum atomic E-state index is -0.515. The molecule has 25 heavy (non-hydrogen) atoms. The van der Waals surface area contributed by atoms with Gasteiger partial charge in [-0.15, -0.1) is 24.0 Å². The van der Waals surface area contributed by atoms with Crippen molar-refractivity contribution in [3.05, 3.63) is 0 Å². The molecule has 0 heterocycles. The Bertz CT molecular complexity index is 422. The van der Waals surface area contributed by atoms with E-state index in [9.17, 15) is 9.59 Å². The van der Waals surface area contributed by atoms with E-state index in [0.717, 1.165) is 19.4 Å². The molecule has 2 amide bonds. The lowest BCUT2D eigenvalue weighted by Gasteiger charge is -2.20. The van der Waals surface area contributed by atoms with E-state index < -0.39 is 11.7 Å². The van der Waals surface area contributed by atoms with E-state index in [-0.39, 0.29) is 36.4 Å². The Labute approximate surface area is 168 Å². The average Bonchev–Trinajstić information content (AvgIpc) is 2.46. The van der Waals surface area contributed by atoms with Crippen molar-refractivity contribution in [3.63, 3.8) is 0 Å². The number of hydrogen-bond acceptors (Lipinski definition) is 4. The quantitative estimate of drug-likeness (QED) is 0.216. The van der Waals surface area contributed by atoms with Crippen LogP contribution in [-0.4, -0.2) is 68.7 Å². The van der Waals surface area contributed by atoms with Crippen molar-refractivity contribution in [1.82, 2.24) is 20.9 Å². The smallest absolute Gasteiger partial charge is 0.407 e. The zero-order chi connectivity index (χ0) is 18.6. The number of aliphatic imine (C=N–C) groups is 1. The molecule has 9 heteroatoms. The minimum absolute atomic E-state index is 0. The van der Waals surface area contributed by atoms with Gasteiger partial charge in [-0.25, -0.2) is 9.79 Å². The van der Waals surface area contributed by atoms with E-state index in [1.807, 2.05) is 20.8 Å². The van der Waals surface area contributed by atoms with Crippen molar-refractivity contribution in [2.75, 3.05) is 40.3 Å². The molecule has 148 valence electrons. The van der Waals surface area contributed by atoms with Gasteiger partial charge in [0.15, 0.2) is 5.96 Å². The van der Waals surface area contributed by atoms with Crippen LogP contribution in [0.5, 0.6) is 0 Å². The molecular weight excluding hydrogens is 437 g/mol. The highest BCUT2D eigenvalue weighted by Crippen LogP contribution is 2.05. The number of carbonyl (C=O) groups is 2. The van der Waals surface area contributed by atoms with Gasteiger partial charge in [0.1, 0.15) is 12.1 Å². The monoisotopic (exact) mass is 471 g/mol. The second kappa shape index (κ2) is 14.0. The Morgan fingerprint density at radius 3 is 2.12 bits per heavy atom. The molecule has 3 N–H and O–H groups in total. The first-order valence-corrected chi connectivity index (χ1v) is 8.35. The molecule has 0 aliphatic heterocycles. The summed E-state index contributed by atoms with van der Waals surface area (Å²) in [5.41, 5.74) is -0.515. The lowest BCUT2D eigenvalue weighted by Crippen LogP contribution is -2.43. The van der Waals surface area contributed by atoms with Crippen LogP contribution in [0, 0.1) is 0 Å². The summed E-state index contributed by atoms with van der Waals surface area (Å²) in [5, 5.41) is 8.92. The van der Waals surface area contributed by atoms with E-state index in [2.05, 4.69) is 27.9 Å². The third-order valence-corrected chi connectivity index (χ3v) is 2.78. The van der Waals surface area contributed by atoms with Crippen molar-refractivity contribution in [2.45, 2.75) is 46.1 Å². The van der Waals surface area contributed by atoms with Crippen molar-refractivity contribution in [3.8, 4) is 0 Å². The maximum absolute atomic E-state index is 11.6. The van der Waals surface area contributed by atoms with Crippen LogP contribution in [0.2, 0.25) is 0 Å². The molecule has 0 aromatic heterocycles. The molecule has 0 aliphatic carbocycles. The summed E-state index contributed by atoms with van der Waals surface area (Å²) >= 11 is 0. The second-order valence-corrected chi connectivity index (χ2v) is 6.59. The number of alkyl carbamates (subject to hydrolysis) is 1. The largest absolute Gasteiger partial charge is 0.444 e. The average molecular weight is 471 g/mol. The van der Waals surface area contributed by atoms with Gasteiger partial charge in [0.25, 0.3) is 0 Å². The lowest BCUT2D eigenvalue weighted by molar-refractivity contribution is -0.127. The van der Waals surface area contributed by atoms with Crippen molar-refractivity contribution in [1.29, 1.82) is 0 Å². The van der Waals surface area contributed by atoms with Crippen molar-refractivity contribution >= 4 is 41.9 Å². The molecule has 0 atom stereocenters. The van der Waals surface area contributed by atoms with Gasteiger partial charge in [0.05, 0.1) is 0 Å². The fourth-order valence-corrected chi connectivity index (χ4v) is 1.51. The Morgan fingerprint density at radius 1 is 1.04 bits per heavy atom. The van der Waals surface area contributed by atoms with Gasteiger partial charge in [-0.2, -0.15) is 0 Å². The van der Waals surface area contributed by atoms with Crippen LogP contribution in [0.15, 0.2) is 4.99 Å². The third-order valence-electron chi connectivity index (χ3n) is 2.78. The van der Waals surface area contributed by atoms with Crippen LogP contribution in [0.3, 0.4) is 0 Å². The summed E-state index contributed by atoms with van der Waals surface area (Å²) < 4.78 is 5.16. The molecule has 0 aromatic carbocycles. The van der Waals surface area contributed by atoms with Gasteiger partial charge < -0.3 is 25.6 Å². The highest BCUT2D eigenvalue weighted by molar-refractivity contribution is 14.0. The number of carbonyl (C=O) groups excluding carboxylic acids is 2. The van der Waals surface area contributed by atoms with Crippen LogP contribution < -0.4 is 16.0 Å². The molecule has 0 radical (unpaired) electrons. The SMILES string of the molecule is CCCCNC(=NCC(=O)N(C)C)NCCNC(=O)OC(C)(C)C.I. The second-order valence-electron chi connectivity index (χ2n) is 6.59. The molecule has 0 saturated heterocycles. The highest BCUT2D eigenvalue weighted by atomic mass is 127. The maximum Gasteiger partial charge on any atom is 0.407 e. The predicted octanol–water partition coefficient (Wildman–Crippen LogP) is 1.55. The summed E-state index contributed by atoms with van der Waals surface area (Å²) in [6.07, 6.45) is 1.62. The molecule has 0 rings (SSSR count). The molecule has 0 aliphatic rings. The maximum atomic E-state index is 11.6. The summed E-state index contributed by atoms with van der Waals surface area (Å²) in [6.45, 7) is 9.27. The Kier molecular flexibility index (Phi) is 14.5. The van der Waals surface area contributed by atoms with Crippen LogP contribution >= 0.6 is 24.0 Å². The van der Waals surface area contributed by atoms with Crippen LogP contribution in [0.4, 0.5) is 4.79 Å². The van der Waals surface area contributed by atoms with Gasteiger partial charge in [-0.1, -0.05) is 13.3 Å². The van der Waals surface area contributed by atoms with E-state index in [4.69, 9.17) is 4.74 Å². The normalized spacial score (nSPS) is 11.2. The molecule has 8 nitrogen and oxygen atoms in total. The summed E-state index contributed by atoms with van der Waals surface area (Å²) in [7, 11) is 3.39. The van der Waals surface area contributed by atoms with E-state index >= 15 is 0 Å². The van der Waals surface area contributed by atoms with Crippen LogP contribution in [0.1, 0.15) is 40.5 Å². The third kappa shape index (κ3) is 16.0. The molecule has 0 spiro atoms. The first-order valence-electron chi connectivity index (χ1n) is 8.35. The number of likely N-dealkylation sites (N-methyl/N-ethyl adjacent to an activating group) is 1. The van der Waals surface area contributed by atoms with E-state index in [0.29, 0.717) is 19.0 Å². The van der Waals surface area contributed by atoms with Gasteiger partial charge in [0.2, 0.25) is 5.91 Å². The van der Waals surface area contributed by atoms with Crippen LogP contribution in [0.25, 0.3) is 0 Å². The summed E-state index contributed by atoms with van der Waals surface area (Å²) in [4.78, 5) is 28.9. The molecule has 0 bridgehead atoms. The fraction of sp³-hybridized carbons (Fsp3) is 0.812. The highest BCUT2D eigenvalue weighted by Gasteiger charge is 2.15. The number of rotatable bonds is 8. The summed E-state index contributed by atoms with van der Waals surface area (Å²) in [5.74, 6) is 0.489. The topological polar surface area (TPSA) is 95.1 Å². The van der Waals surface area contributed by atoms with Gasteiger partial charge in [-0.3, -0.25) is 4.79 Å². The zero-order valence-corrected chi connectivity index (χ0v) is 18.6. The number of amides is 2. The standard InChI is InChI=1S/C16H33N5O3.HI/c1-7-8-9-17-14(20-12-13(22)21(5)6)18-10-11-19-15(23)24-16(2,3)4;/h7-12H2,1-6H3,(H,19,23)(H2,17,18,20);1H. The van der Waals surface area contributed by atoms with E-state index in [1.54, 1.807) is 14.1 Å². The summed E-state index contributed by atoms with van der Waals surface area (Å²) in [6, 6.07) is 0. The molecule has 0 fully saturated rings. The molecule has 0 aromatic rings. The number of hydrogen-bond donors (Lipinski definition) is 3. The van der Waals surface area contributed by atoms with Gasteiger partial charge in [-0.05, 0) is 27.2 Å². The molecular formula is C16H34IN5O3. The number of nitrogens with zero attached hydrogens (tertiary/aromatic N) is 2. The lowest BCUT2D eigenvalue weighted by atomic mass is 10.2. The van der Waals surface area contributed by atoms with Gasteiger partial charge in [0, 0.05) is 33.7 Å². The van der Waals surface area contributed by atoms with E-state index in [1.165, 1.54) is 4.90 Å². The Balaban J connectivity index is 0. The fourth-order valence-electron chi connectivity index (χ4n) is 1.51. The first-order chi connectivity index (χ1) is 11.2. The predicted molar refractivity (Wildman–Crippen MR) is 112 cm³/mol. The zero-order valence-electron chi connectivity index (χ0n) is 16.3. The molecule has 0 saturated carbocycles. The number of halogens is 1. The van der Waals surface area contributed by atoms with Gasteiger partial charge >= 0.3 is 6.09 Å². The Hall–Kier alpha value is -1.26. The minimum Gasteiger partial charge on any atom is -0.444 e. The number of unbranched alkanes of at least 4 members (excludes halogenated alkanes) is 1. The number of ether oxygens (including phenoxy) is 1. The first kappa shape index (κ1) is 26.0. The van der Waals surface area contributed by atoms with Crippen molar-refractivity contribution in [2.24, 2.45) is 4.99 Å². The van der Waals surface area contributed by atoms with Crippen LogP contribution in [-0.2, 0) is 9.53 Å². The number of nitrogens with one attached hydrogen (secondary N) is 3. The molecule has 0 unspecified atom stereocenters. The van der Waals surface area contributed by atoms with Crippen molar-refractivity contribution < 1.29 is 14.3 Å².